The maximum atomic E-state index is 6.17. The predicted octanol–water partition coefficient (Wildman–Crippen LogP) is 3.75. The molecule has 1 heterocycles. The summed E-state index contributed by atoms with van der Waals surface area (Å²) >= 11 is 6.17. The Morgan fingerprint density at radius 3 is 2.65 bits per heavy atom. The molecule has 20 heavy (non-hydrogen) atoms. The van der Waals surface area contributed by atoms with Crippen LogP contribution >= 0.6 is 11.6 Å². The van der Waals surface area contributed by atoms with Gasteiger partial charge in [0.25, 0.3) is 0 Å². The van der Waals surface area contributed by atoms with E-state index >= 15 is 0 Å². The maximum absolute atomic E-state index is 6.17. The molecule has 0 spiro atoms. The Balaban J connectivity index is 2.43. The van der Waals surface area contributed by atoms with Crippen LogP contribution in [0.2, 0.25) is 5.02 Å². The first-order valence-corrected chi connectivity index (χ1v) is 7.01. The third-order valence-electron chi connectivity index (χ3n) is 3.11. The fourth-order valence-electron chi connectivity index (χ4n) is 2.27. The van der Waals surface area contributed by atoms with Gasteiger partial charge in [0.05, 0.1) is 19.3 Å². The molecule has 106 valence electrons. The highest BCUT2D eigenvalue weighted by Crippen LogP contribution is 2.27. The van der Waals surface area contributed by atoms with Crippen molar-refractivity contribution >= 4 is 11.6 Å². The minimum Gasteiger partial charge on any atom is -0.495 e. The van der Waals surface area contributed by atoms with E-state index in [0.29, 0.717) is 0 Å². The molecule has 0 saturated heterocycles. The zero-order chi connectivity index (χ0) is 14.5. The van der Waals surface area contributed by atoms with Gasteiger partial charge in [-0.15, -0.1) is 0 Å². The van der Waals surface area contributed by atoms with E-state index in [4.69, 9.17) is 16.3 Å². The van der Waals surface area contributed by atoms with Crippen molar-refractivity contribution < 1.29 is 4.74 Å². The molecule has 1 aromatic heterocycles. The number of nitrogens with zero attached hydrogens (tertiary/aromatic N) is 1. The summed E-state index contributed by atoms with van der Waals surface area (Å²) in [5.74, 6) is 0.754. The number of pyridine rings is 1. The number of hydrogen-bond acceptors (Lipinski definition) is 3. The zero-order valence-corrected chi connectivity index (χ0v) is 12.7. The molecule has 0 fully saturated rings. The van der Waals surface area contributed by atoms with Gasteiger partial charge in [-0.3, -0.25) is 4.98 Å². The summed E-state index contributed by atoms with van der Waals surface area (Å²) < 4.78 is 5.25. The van der Waals surface area contributed by atoms with Gasteiger partial charge in [0.1, 0.15) is 5.75 Å². The van der Waals surface area contributed by atoms with Gasteiger partial charge in [0.15, 0.2) is 0 Å². The van der Waals surface area contributed by atoms with Crippen molar-refractivity contribution in [2.24, 2.45) is 0 Å². The molecule has 0 amide bonds. The Bertz CT molecular complexity index is 566. The van der Waals surface area contributed by atoms with Crippen LogP contribution in [0.4, 0.5) is 0 Å². The average molecular weight is 291 g/mol. The fraction of sp³-hybridized carbons (Fsp3) is 0.312. The third kappa shape index (κ3) is 3.50. The lowest BCUT2D eigenvalue weighted by molar-refractivity contribution is 0.411. The smallest absolute Gasteiger partial charge is 0.137 e. The summed E-state index contributed by atoms with van der Waals surface area (Å²) in [5.41, 5.74) is 3.34. The van der Waals surface area contributed by atoms with Crippen LogP contribution in [0.3, 0.4) is 0 Å². The summed E-state index contributed by atoms with van der Waals surface area (Å²) in [6.07, 6.45) is 3.56. The first kappa shape index (κ1) is 14.8. The standard InChI is InChI=1S/C16H19ClN2O/c1-4-19-16(12-5-11(2)6-14(17)7-12)13-8-15(20-3)10-18-9-13/h5-10,16,19H,4H2,1-3H3. The molecule has 3 nitrogen and oxygen atoms in total. The molecule has 0 bridgehead atoms. The molecule has 2 aromatic rings. The Labute approximate surface area is 124 Å². The molecule has 0 aliphatic carbocycles. The van der Waals surface area contributed by atoms with Crippen LogP contribution in [0.25, 0.3) is 0 Å². The lowest BCUT2D eigenvalue weighted by Crippen LogP contribution is -2.22. The number of aryl methyl sites for hydroxylation is 1. The predicted molar refractivity (Wildman–Crippen MR) is 82.5 cm³/mol. The highest BCUT2D eigenvalue weighted by Gasteiger charge is 2.15. The van der Waals surface area contributed by atoms with Gasteiger partial charge in [-0.1, -0.05) is 24.6 Å². The van der Waals surface area contributed by atoms with Crippen molar-refractivity contribution in [2.45, 2.75) is 19.9 Å². The van der Waals surface area contributed by atoms with Gasteiger partial charge in [-0.05, 0) is 48.4 Å². The lowest BCUT2D eigenvalue weighted by atomic mass is 9.98. The average Bonchev–Trinajstić information content (AvgIpc) is 2.43. The Morgan fingerprint density at radius 2 is 2.00 bits per heavy atom. The van der Waals surface area contributed by atoms with E-state index in [1.165, 1.54) is 0 Å². The summed E-state index contributed by atoms with van der Waals surface area (Å²) in [6.45, 7) is 4.98. The van der Waals surface area contributed by atoms with Gasteiger partial charge in [-0.25, -0.2) is 0 Å². The molecule has 4 heteroatoms. The number of aromatic nitrogens is 1. The van der Waals surface area contributed by atoms with E-state index < -0.39 is 0 Å². The normalized spacial score (nSPS) is 12.2. The molecule has 0 radical (unpaired) electrons. The summed E-state index contributed by atoms with van der Waals surface area (Å²) in [5, 5.41) is 4.22. The van der Waals surface area contributed by atoms with Gasteiger partial charge in [0, 0.05) is 11.2 Å². The molecule has 1 aromatic carbocycles. The number of rotatable bonds is 5. The van der Waals surface area contributed by atoms with Gasteiger partial charge in [-0.2, -0.15) is 0 Å². The van der Waals surface area contributed by atoms with Crippen molar-refractivity contribution in [1.82, 2.24) is 10.3 Å². The maximum Gasteiger partial charge on any atom is 0.137 e. The SMILES string of the molecule is CCNC(c1cc(C)cc(Cl)c1)c1cncc(OC)c1. The zero-order valence-electron chi connectivity index (χ0n) is 12.0. The molecular weight excluding hydrogens is 272 g/mol. The van der Waals surface area contributed by atoms with Crippen molar-refractivity contribution in [2.75, 3.05) is 13.7 Å². The van der Waals surface area contributed by atoms with Crippen molar-refractivity contribution in [3.63, 3.8) is 0 Å². The topological polar surface area (TPSA) is 34.2 Å². The van der Waals surface area contributed by atoms with Gasteiger partial charge in [0.2, 0.25) is 0 Å². The molecule has 0 saturated carbocycles. The van der Waals surface area contributed by atoms with E-state index in [2.05, 4.69) is 23.3 Å². The number of benzene rings is 1. The lowest BCUT2D eigenvalue weighted by Gasteiger charge is -2.20. The molecular formula is C16H19ClN2O. The largest absolute Gasteiger partial charge is 0.495 e. The van der Waals surface area contributed by atoms with Crippen LogP contribution in [0, 0.1) is 6.92 Å². The Kier molecular flexibility index (Phi) is 4.99. The van der Waals surface area contributed by atoms with Crippen LogP contribution in [0.1, 0.15) is 29.7 Å². The number of halogens is 1. The number of ether oxygens (including phenoxy) is 1. The summed E-state index contributed by atoms with van der Waals surface area (Å²) in [7, 11) is 1.65. The van der Waals surface area contributed by atoms with Crippen LogP contribution in [0.15, 0.2) is 36.7 Å². The van der Waals surface area contributed by atoms with E-state index in [9.17, 15) is 0 Å². The molecule has 0 aliphatic heterocycles. The number of methoxy groups -OCH3 is 1. The second-order valence-corrected chi connectivity index (χ2v) is 5.15. The summed E-state index contributed by atoms with van der Waals surface area (Å²) in [4.78, 5) is 4.23. The Morgan fingerprint density at radius 1 is 1.20 bits per heavy atom. The number of hydrogen-bond donors (Lipinski definition) is 1. The van der Waals surface area contributed by atoms with E-state index in [-0.39, 0.29) is 6.04 Å². The first-order valence-electron chi connectivity index (χ1n) is 6.63. The van der Waals surface area contributed by atoms with Crippen molar-refractivity contribution in [3.05, 3.63) is 58.4 Å². The second kappa shape index (κ2) is 6.73. The molecule has 0 aliphatic rings. The molecule has 2 rings (SSSR count). The third-order valence-corrected chi connectivity index (χ3v) is 3.33. The molecule has 1 unspecified atom stereocenters. The van der Waals surface area contributed by atoms with Crippen molar-refractivity contribution in [1.29, 1.82) is 0 Å². The fourth-order valence-corrected chi connectivity index (χ4v) is 2.57. The van der Waals surface area contributed by atoms with Crippen molar-refractivity contribution in [3.8, 4) is 5.75 Å². The van der Waals surface area contributed by atoms with Crippen LogP contribution in [0.5, 0.6) is 5.75 Å². The van der Waals surface area contributed by atoms with Crippen LogP contribution in [-0.2, 0) is 0 Å². The minimum atomic E-state index is 0.0556. The molecule has 1 N–H and O–H groups in total. The van der Waals surface area contributed by atoms with Gasteiger partial charge >= 0.3 is 0 Å². The van der Waals surface area contributed by atoms with Crippen LogP contribution < -0.4 is 10.1 Å². The first-order chi connectivity index (χ1) is 9.63. The van der Waals surface area contributed by atoms with E-state index in [0.717, 1.165) is 34.0 Å². The van der Waals surface area contributed by atoms with Crippen LogP contribution in [-0.4, -0.2) is 18.6 Å². The Hall–Kier alpha value is -1.58. The summed E-state index contributed by atoms with van der Waals surface area (Å²) in [6, 6.07) is 8.13. The number of nitrogens with one attached hydrogen (secondary N) is 1. The van der Waals surface area contributed by atoms with E-state index in [1.807, 2.05) is 31.3 Å². The quantitative estimate of drug-likeness (QED) is 0.910. The highest BCUT2D eigenvalue weighted by atomic mass is 35.5. The van der Waals surface area contributed by atoms with E-state index in [1.54, 1.807) is 13.3 Å². The monoisotopic (exact) mass is 290 g/mol. The highest BCUT2D eigenvalue weighted by molar-refractivity contribution is 6.30. The minimum absolute atomic E-state index is 0.0556. The second-order valence-electron chi connectivity index (χ2n) is 4.71. The molecule has 1 atom stereocenters. The van der Waals surface area contributed by atoms with Gasteiger partial charge < -0.3 is 10.1 Å².